The Balaban J connectivity index is 1.70. The number of imidazole rings is 1. The predicted molar refractivity (Wildman–Crippen MR) is 141 cm³/mol. The minimum Gasteiger partial charge on any atom is -0.760 e. The van der Waals surface area contributed by atoms with E-state index in [1.54, 1.807) is 17.8 Å². The quantitative estimate of drug-likeness (QED) is 0.298. The van der Waals surface area contributed by atoms with Crippen LogP contribution in [0.3, 0.4) is 0 Å². The first-order valence-corrected chi connectivity index (χ1v) is 12.9. The predicted octanol–water partition coefficient (Wildman–Crippen LogP) is 3.93. The number of nitrogens with one attached hydrogen (secondary N) is 2. The van der Waals surface area contributed by atoms with Crippen molar-refractivity contribution in [3.63, 3.8) is 0 Å². The van der Waals surface area contributed by atoms with E-state index in [1.807, 2.05) is 37.4 Å². The molecule has 1 unspecified atom stereocenters. The molecule has 0 radical (unpaired) electrons. The maximum Gasteiger partial charge on any atom is 0.274 e. The van der Waals surface area contributed by atoms with Gasteiger partial charge in [-0.3, -0.25) is 9.00 Å². The zero-order valence-corrected chi connectivity index (χ0v) is 21.6. The van der Waals surface area contributed by atoms with Gasteiger partial charge in [0.15, 0.2) is 0 Å². The van der Waals surface area contributed by atoms with Crippen molar-refractivity contribution in [2.45, 2.75) is 19.9 Å². The van der Waals surface area contributed by atoms with Crippen LogP contribution in [0, 0.1) is 6.92 Å². The number of hydrogen-bond donors (Lipinski definition) is 2. The van der Waals surface area contributed by atoms with Crippen molar-refractivity contribution < 1.29 is 8.76 Å². The average Bonchev–Trinajstić information content (AvgIpc) is 3.43. The molecule has 0 aliphatic heterocycles. The van der Waals surface area contributed by atoms with E-state index in [9.17, 15) is 13.6 Å². The zero-order valence-electron chi connectivity index (χ0n) is 19.2. The van der Waals surface area contributed by atoms with Crippen LogP contribution in [0.2, 0.25) is 0 Å². The fraction of sp³-hybridized carbons (Fsp3) is 0.200. The van der Waals surface area contributed by atoms with E-state index >= 15 is 0 Å². The highest BCUT2D eigenvalue weighted by molar-refractivity contribution is 9.10. The van der Waals surface area contributed by atoms with Gasteiger partial charge >= 0.3 is 0 Å². The Morgan fingerprint density at radius 3 is 2.71 bits per heavy atom. The molecular weight excluding hydrogens is 530 g/mol. The molecule has 0 aliphatic carbocycles. The summed E-state index contributed by atoms with van der Waals surface area (Å²) in [6.45, 7) is 2.89. The van der Waals surface area contributed by atoms with Crippen molar-refractivity contribution in [3.05, 3.63) is 86.6 Å². The van der Waals surface area contributed by atoms with Gasteiger partial charge in [0.1, 0.15) is 11.3 Å². The summed E-state index contributed by atoms with van der Waals surface area (Å²) in [6.07, 6.45) is 4.09. The van der Waals surface area contributed by atoms with Gasteiger partial charge in [0, 0.05) is 59.2 Å². The van der Waals surface area contributed by atoms with Gasteiger partial charge < -0.3 is 18.7 Å². The smallest absolute Gasteiger partial charge is 0.274 e. The largest absolute Gasteiger partial charge is 0.760 e. The molecule has 3 heterocycles. The normalized spacial score (nSPS) is 12.6. The standard InChI is InChI=1S/C25H24BrN5O3S/c1-15-29-23-17(7-10-28-35(33)34)11-18(21-14-30(2)25(32)24-20(21)8-9-27-24)12-22(23)31(15)13-16-3-5-19(26)6-4-16/h3-6,8-9,11-12,14,27-28H,7,10,13H2,1-2H3,(H,33,34)/p-1. The maximum absolute atomic E-state index is 12.6. The van der Waals surface area contributed by atoms with Crippen molar-refractivity contribution in [1.82, 2.24) is 23.8 Å². The number of aryl methyl sites for hydroxylation is 2. The van der Waals surface area contributed by atoms with Crippen LogP contribution in [-0.4, -0.2) is 34.4 Å². The third-order valence-electron chi connectivity index (χ3n) is 6.20. The van der Waals surface area contributed by atoms with Crippen LogP contribution < -0.4 is 10.3 Å². The van der Waals surface area contributed by atoms with Gasteiger partial charge in [0.05, 0.1) is 11.0 Å². The number of halogens is 1. The number of H-pyrrole nitrogens is 1. The third kappa shape index (κ3) is 4.62. The summed E-state index contributed by atoms with van der Waals surface area (Å²) in [6, 6.07) is 14.2. The van der Waals surface area contributed by atoms with Crippen molar-refractivity contribution in [1.29, 1.82) is 0 Å². The Kier molecular flexibility index (Phi) is 6.45. The van der Waals surface area contributed by atoms with E-state index in [-0.39, 0.29) is 12.1 Å². The first-order chi connectivity index (χ1) is 16.8. The van der Waals surface area contributed by atoms with Crippen LogP contribution in [-0.2, 0) is 31.3 Å². The lowest BCUT2D eigenvalue weighted by atomic mass is 9.99. The molecule has 3 aromatic heterocycles. The van der Waals surface area contributed by atoms with Gasteiger partial charge in [-0.05, 0) is 60.4 Å². The van der Waals surface area contributed by atoms with E-state index in [1.165, 1.54) is 0 Å². The average molecular weight is 553 g/mol. The lowest BCUT2D eigenvalue weighted by Gasteiger charge is -2.13. The molecule has 10 heteroatoms. The van der Waals surface area contributed by atoms with Crippen LogP contribution in [0.15, 0.2) is 64.1 Å². The Hall–Kier alpha value is -3.05. The molecular formula is C25H23BrN5O3S-. The molecule has 0 fully saturated rings. The summed E-state index contributed by atoms with van der Waals surface area (Å²) in [5.74, 6) is 0.869. The Morgan fingerprint density at radius 1 is 1.20 bits per heavy atom. The van der Waals surface area contributed by atoms with Crippen LogP contribution >= 0.6 is 15.9 Å². The molecule has 2 aromatic carbocycles. The molecule has 0 saturated heterocycles. The number of pyridine rings is 1. The van der Waals surface area contributed by atoms with Crippen molar-refractivity contribution in [3.8, 4) is 11.1 Å². The minimum absolute atomic E-state index is 0.0895. The zero-order chi connectivity index (χ0) is 24.7. The Morgan fingerprint density at radius 2 is 1.97 bits per heavy atom. The summed E-state index contributed by atoms with van der Waals surface area (Å²) < 4.78 is 29.3. The Labute approximate surface area is 212 Å². The topological polar surface area (TPSA) is 108 Å². The summed E-state index contributed by atoms with van der Waals surface area (Å²) in [4.78, 5) is 20.5. The van der Waals surface area contributed by atoms with E-state index in [4.69, 9.17) is 4.98 Å². The van der Waals surface area contributed by atoms with Gasteiger partial charge in [0.25, 0.3) is 5.56 Å². The molecule has 0 bridgehead atoms. The number of benzene rings is 2. The molecule has 5 aromatic rings. The number of rotatable bonds is 7. The van der Waals surface area contributed by atoms with Crippen molar-refractivity contribution >= 4 is 49.1 Å². The minimum atomic E-state index is -2.33. The number of aromatic nitrogens is 4. The van der Waals surface area contributed by atoms with Gasteiger partial charge in [-0.25, -0.2) is 9.71 Å². The SMILES string of the molecule is Cc1nc2c(CCNS(=O)[O-])cc(-c3cn(C)c(=O)c4[nH]ccc34)cc2n1Cc1ccc(Br)cc1. The van der Waals surface area contributed by atoms with Crippen molar-refractivity contribution in [2.24, 2.45) is 7.05 Å². The molecule has 5 rings (SSSR count). The molecule has 2 N–H and O–H groups in total. The van der Waals surface area contributed by atoms with Crippen molar-refractivity contribution in [2.75, 3.05) is 6.54 Å². The molecule has 0 amide bonds. The maximum atomic E-state index is 12.6. The molecule has 1 atom stereocenters. The van der Waals surface area contributed by atoms with E-state index < -0.39 is 11.3 Å². The number of nitrogens with zero attached hydrogens (tertiary/aromatic N) is 3. The third-order valence-corrected chi connectivity index (χ3v) is 7.17. The van der Waals surface area contributed by atoms with Gasteiger partial charge in [0.2, 0.25) is 0 Å². The lowest BCUT2D eigenvalue weighted by Crippen LogP contribution is -2.19. The number of hydrogen-bond acceptors (Lipinski definition) is 4. The van der Waals surface area contributed by atoms with Crippen LogP contribution in [0.5, 0.6) is 0 Å². The second kappa shape index (κ2) is 9.54. The molecule has 0 spiro atoms. The fourth-order valence-electron chi connectivity index (χ4n) is 4.50. The highest BCUT2D eigenvalue weighted by Crippen LogP contribution is 2.32. The second-order valence-corrected chi connectivity index (χ2v) is 10.2. The summed E-state index contributed by atoms with van der Waals surface area (Å²) in [5, 5.41) is 0.841. The van der Waals surface area contributed by atoms with E-state index in [0.717, 1.165) is 49.0 Å². The fourth-order valence-corrected chi connectivity index (χ4v) is 5.03. The van der Waals surface area contributed by atoms with Gasteiger partial charge in [-0.2, -0.15) is 0 Å². The van der Waals surface area contributed by atoms with Crippen LogP contribution in [0.1, 0.15) is 17.0 Å². The molecule has 180 valence electrons. The Bertz CT molecular complexity index is 1640. The highest BCUT2D eigenvalue weighted by Gasteiger charge is 2.17. The summed E-state index contributed by atoms with van der Waals surface area (Å²) >= 11 is 1.16. The molecule has 0 saturated carbocycles. The number of fused-ring (bicyclic) bond motifs is 2. The molecule has 0 aliphatic rings. The molecule has 35 heavy (non-hydrogen) atoms. The monoisotopic (exact) mass is 552 g/mol. The number of aromatic amines is 1. The summed E-state index contributed by atoms with van der Waals surface area (Å²) in [5.41, 5.74) is 6.19. The van der Waals surface area contributed by atoms with Gasteiger partial charge in [-0.15, -0.1) is 0 Å². The first kappa shape index (κ1) is 23.7. The van der Waals surface area contributed by atoms with Gasteiger partial charge in [-0.1, -0.05) is 28.1 Å². The highest BCUT2D eigenvalue weighted by atomic mass is 79.9. The second-order valence-electron chi connectivity index (χ2n) is 8.48. The van der Waals surface area contributed by atoms with E-state index in [0.29, 0.717) is 18.5 Å². The van der Waals surface area contributed by atoms with E-state index in [2.05, 4.69) is 48.4 Å². The summed E-state index contributed by atoms with van der Waals surface area (Å²) in [7, 11) is 1.74. The van der Waals surface area contributed by atoms with Crippen LogP contribution in [0.25, 0.3) is 33.1 Å². The molecule has 8 nitrogen and oxygen atoms in total. The first-order valence-electron chi connectivity index (χ1n) is 11.1. The van der Waals surface area contributed by atoms with Crippen LogP contribution in [0.4, 0.5) is 0 Å². The lowest BCUT2D eigenvalue weighted by molar-refractivity contribution is 0.523.